The Kier molecular flexibility index (Phi) is 3.53. The molecule has 1 heterocycles. The topological polar surface area (TPSA) is 48.7 Å². The summed E-state index contributed by atoms with van der Waals surface area (Å²) in [5, 5.41) is 14.7. The third-order valence-corrected chi connectivity index (χ3v) is 3.59. The molecule has 102 valence electrons. The van der Waals surface area contributed by atoms with Crippen LogP contribution < -0.4 is 5.32 Å². The molecule has 3 heteroatoms. The van der Waals surface area contributed by atoms with Crippen molar-refractivity contribution >= 4 is 16.5 Å². The molecule has 0 saturated carbocycles. The Labute approximate surface area is 123 Å². The van der Waals surface area contributed by atoms with Crippen molar-refractivity contribution in [3.63, 3.8) is 0 Å². The van der Waals surface area contributed by atoms with Crippen molar-refractivity contribution in [3.8, 4) is 6.07 Å². The maximum absolute atomic E-state index is 8.99. The number of hydrogen-bond acceptors (Lipinski definition) is 3. The molecule has 0 fully saturated rings. The van der Waals surface area contributed by atoms with E-state index in [1.807, 2.05) is 49.6 Å². The fourth-order valence-corrected chi connectivity index (χ4v) is 2.39. The van der Waals surface area contributed by atoms with Gasteiger partial charge in [0.05, 0.1) is 11.6 Å². The van der Waals surface area contributed by atoms with E-state index in [1.165, 1.54) is 5.39 Å². The largest absolute Gasteiger partial charge is 0.381 e. The molecule has 0 atom stereocenters. The number of pyridine rings is 1. The molecule has 3 aromatic rings. The van der Waals surface area contributed by atoms with Crippen LogP contribution in [0, 0.1) is 18.3 Å². The van der Waals surface area contributed by atoms with Gasteiger partial charge >= 0.3 is 0 Å². The van der Waals surface area contributed by atoms with Crippen LogP contribution in [0.15, 0.2) is 54.9 Å². The van der Waals surface area contributed by atoms with E-state index in [0.717, 1.165) is 22.2 Å². The number of anilines is 1. The zero-order valence-corrected chi connectivity index (χ0v) is 11.8. The zero-order valence-electron chi connectivity index (χ0n) is 11.8. The number of nitrogens with zero attached hydrogens (tertiary/aromatic N) is 2. The first-order valence-electron chi connectivity index (χ1n) is 6.84. The zero-order chi connectivity index (χ0) is 14.7. The first-order chi connectivity index (χ1) is 10.3. The minimum Gasteiger partial charge on any atom is -0.381 e. The Hall–Kier alpha value is -2.86. The lowest BCUT2D eigenvalue weighted by molar-refractivity contribution is 1.13. The van der Waals surface area contributed by atoms with Gasteiger partial charge in [0.1, 0.15) is 0 Å². The van der Waals surface area contributed by atoms with Gasteiger partial charge in [-0.2, -0.15) is 5.26 Å². The van der Waals surface area contributed by atoms with E-state index in [0.29, 0.717) is 12.1 Å². The van der Waals surface area contributed by atoms with Crippen LogP contribution in [-0.4, -0.2) is 4.98 Å². The number of aryl methyl sites for hydroxylation is 1. The third kappa shape index (κ3) is 2.70. The van der Waals surface area contributed by atoms with Crippen LogP contribution in [0.1, 0.15) is 16.7 Å². The maximum Gasteiger partial charge on any atom is 0.0992 e. The van der Waals surface area contributed by atoms with E-state index in [2.05, 4.69) is 28.5 Å². The first kappa shape index (κ1) is 13.1. The Morgan fingerprint density at radius 2 is 2.00 bits per heavy atom. The number of fused-ring (bicyclic) bond motifs is 1. The number of aromatic nitrogens is 1. The van der Waals surface area contributed by atoms with Crippen LogP contribution in [0.5, 0.6) is 0 Å². The molecular formula is C18H15N3. The molecular weight excluding hydrogens is 258 g/mol. The highest BCUT2D eigenvalue weighted by atomic mass is 14.9. The van der Waals surface area contributed by atoms with Crippen molar-refractivity contribution in [2.24, 2.45) is 0 Å². The molecule has 0 spiro atoms. The Morgan fingerprint density at radius 1 is 1.14 bits per heavy atom. The van der Waals surface area contributed by atoms with Crippen molar-refractivity contribution in [2.45, 2.75) is 13.5 Å². The molecule has 0 aliphatic heterocycles. The van der Waals surface area contributed by atoms with Crippen LogP contribution in [0.2, 0.25) is 0 Å². The molecule has 0 saturated heterocycles. The van der Waals surface area contributed by atoms with Crippen LogP contribution in [0.4, 0.5) is 5.69 Å². The summed E-state index contributed by atoms with van der Waals surface area (Å²) in [6.45, 7) is 2.72. The van der Waals surface area contributed by atoms with E-state index >= 15 is 0 Å². The SMILES string of the molecule is Cc1ccc(C#N)cc1NCc1cncc2ccccc12. The number of nitrogens with one attached hydrogen (secondary N) is 1. The summed E-state index contributed by atoms with van der Waals surface area (Å²) in [5.41, 5.74) is 3.93. The molecule has 21 heavy (non-hydrogen) atoms. The van der Waals surface area contributed by atoms with Crippen molar-refractivity contribution in [1.29, 1.82) is 5.26 Å². The van der Waals surface area contributed by atoms with Crippen LogP contribution in [-0.2, 0) is 6.54 Å². The summed E-state index contributed by atoms with van der Waals surface area (Å²) in [4.78, 5) is 4.29. The molecule has 0 amide bonds. The Bertz CT molecular complexity index is 826. The fraction of sp³-hybridized carbons (Fsp3) is 0.111. The molecule has 0 unspecified atom stereocenters. The lowest BCUT2D eigenvalue weighted by atomic mass is 10.1. The van der Waals surface area contributed by atoms with Crippen molar-refractivity contribution in [2.75, 3.05) is 5.32 Å². The first-order valence-corrected chi connectivity index (χ1v) is 6.84. The molecule has 0 aliphatic carbocycles. The second-order valence-electron chi connectivity index (χ2n) is 5.01. The average molecular weight is 273 g/mol. The lowest BCUT2D eigenvalue weighted by Gasteiger charge is -2.11. The Balaban J connectivity index is 1.89. The minimum absolute atomic E-state index is 0.666. The van der Waals surface area contributed by atoms with Gasteiger partial charge in [-0.3, -0.25) is 4.98 Å². The smallest absolute Gasteiger partial charge is 0.0992 e. The predicted molar refractivity (Wildman–Crippen MR) is 85.0 cm³/mol. The standard InChI is InChI=1S/C18H15N3/c1-13-6-7-14(9-19)8-18(13)21-12-16-11-20-10-15-4-2-3-5-17(15)16/h2-8,10-11,21H,12H2,1H3. The van der Waals surface area contributed by atoms with E-state index in [-0.39, 0.29) is 0 Å². The highest BCUT2D eigenvalue weighted by molar-refractivity contribution is 5.84. The monoisotopic (exact) mass is 273 g/mol. The maximum atomic E-state index is 8.99. The highest BCUT2D eigenvalue weighted by Crippen LogP contribution is 2.21. The van der Waals surface area contributed by atoms with Crippen molar-refractivity contribution < 1.29 is 0 Å². The summed E-state index contributed by atoms with van der Waals surface area (Å²) >= 11 is 0. The van der Waals surface area contributed by atoms with Gasteiger partial charge in [-0.25, -0.2) is 0 Å². The molecule has 1 aromatic heterocycles. The summed E-state index contributed by atoms with van der Waals surface area (Å²) in [6, 6.07) is 16.1. The van der Waals surface area contributed by atoms with Gasteiger partial charge in [-0.15, -0.1) is 0 Å². The van der Waals surface area contributed by atoms with Crippen LogP contribution in [0.25, 0.3) is 10.8 Å². The summed E-state index contributed by atoms with van der Waals surface area (Å²) in [6.07, 6.45) is 3.76. The predicted octanol–water partition coefficient (Wildman–Crippen LogP) is 4.03. The summed E-state index contributed by atoms with van der Waals surface area (Å²) in [7, 11) is 0. The number of rotatable bonds is 3. The van der Waals surface area contributed by atoms with Gasteiger partial charge in [-0.1, -0.05) is 30.3 Å². The molecule has 2 aromatic carbocycles. The summed E-state index contributed by atoms with van der Waals surface area (Å²) < 4.78 is 0. The summed E-state index contributed by atoms with van der Waals surface area (Å²) in [5.74, 6) is 0. The van der Waals surface area contributed by atoms with Gasteiger partial charge in [0.25, 0.3) is 0 Å². The number of nitriles is 1. The van der Waals surface area contributed by atoms with Gasteiger partial charge in [0.15, 0.2) is 0 Å². The fourth-order valence-electron chi connectivity index (χ4n) is 2.39. The van der Waals surface area contributed by atoms with Crippen molar-refractivity contribution in [3.05, 3.63) is 71.5 Å². The normalized spacial score (nSPS) is 10.3. The van der Waals surface area contributed by atoms with E-state index in [1.54, 1.807) is 0 Å². The molecule has 1 N–H and O–H groups in total. The molecule has 0 bridgehead atoms. The minimum atomic E-state index is 0.666. The second-order valence-corrected chi connectivity index (χ2v) is 5.01. The molecule has 0 radical (unpaired) electrons. The number of hydrogen-bond donors (Lipinski definition) is 1. The third-order valence-electron chi connectivity index (χ3n) is 3.59. The molecule has 3 nitrogen and oxygen atoms in total. The second kappa shape index (κ2) is 5.64. The Morgan fingerprint density at radius 3 is 2.86 bits per heavy atom. The quantitative estimate of drug-likeness (QED) is 0.783. The average Bonchev–Trinajstić information content (AvgIpc) is 2.54. The molecule has 0 aliphatic rings. The van der Waals surface area contributed by atoms with E-state index in [4.69, 9.17) is 5.26 Å². The van der Waals surface area contributed by atoms with Gasteiger partial charge in [0.2, 0.25) is 0 Å². The van der Waals surface area contributed by atoms with E-state index in [9.17, 15) is 0 Å². The van der Waals surface area contributed by atoms with Crippen LogP contribution in [0.3, 0.4) is 0 Å². The molecule has 3 rings (SSSR count). The van der Waals surface area contributed by atoms with Gasteiger partial charge in [0, 0.05) is 30.0 Å². The van der Waals surface area contributed by atoms with Gasteiger partial charge < -0.3 is 5.32 Å². The van der Waals surface area contributed by atoms with E-state index < -0.39 is 0 Å². The van der Waals surface area contributed by atoms with Gasteiger partial charge in [-0.05, 0) is 35.6 Å². The number of benzene rings is 2. The van der Waals surface area contributed by atoms with Crippen molar-refractivity contribution in [1.82, 2.24) is 4.98 Å². The lowest BCUT2D eigenvalue weighted by Crippen LogP contribution is -2.02. The highest BCUT2D eigenvalue weighted by Gasteiger charge is 2.03. The van der Waals surface area contributed by atoms with Crippen LogP contribution >= 0.6 is 0 Å².